The zero-order valence-corrected chi connectivity index (χ0v) is 25.2. The summed E-state index contributed by atoms with van der Waals surface area (Å²) in [4.78, 5) is 54.4. The fourth-order valence-corrected chi connectivity index (χ4v) is 7.00. The number of H-pyrrole nitrogens is 2. The van der Waals surface area contributed by atoms with Gasteiger partial charge in [-0.05, 0) is 62.9 Å². The molecule has 0 spiro atoms. The minimum atomic E-state index is -1.76. The number of fused-ring (bicyclic) bond motifs is 8. The third-order valence-electron chi connectivity index (χ3n) is 9.89. The number of ketones is 1. The molecule has 10 nitrogen and oxygen atoms in total. The molecule has 10 heteroatoms. The number of carbonyl (C=O) groups is 3. The quantitative estimate of drug-likeness (QED) is 0.245. The third kappa shape index (κ3) is 4.11. The molecule has 224 valence electrons. The third-order valence-corrected chi connectivity index (χ3v) is 9.89. The first-order chi connectivity index (χ1) is 20.4. The van der Waals surface area contributed by atoms with Gasteiger partial charge in [-0.15, -0.1) is 0 Å². The molecule has 3 aliphatic rings. The first-order valence-corrected chi connectivity index (χ1v) is 14.6. The second-order valence-corrected chi connectivity index (χ2v) is 12.1. The molecule has 3 aromatic heterocycles. The van der Waals surface area contributed by atoms with Crippen molar-refractivity contribution in [3.63, 3.8) is 0 Å². The topological polar surface area (TPSA) is 158 Å². The van der Waals surface area contributed by atoms with Gasteiger partial charge in [-0.1, -0.05) is 13.8 Å². The number of esters is 1. The SMILES string of the molecule is CC[C@]1(O)c2cc3[nH]c4c(c5nc(cc6[nH]c(cc(n2)[C@@]1(C)O)c(C=O)c6C)[C@@H](C)[C@@H]5CCC(=O)OC)CC(=O)c4c3C. The van der Waals surface area contributed by atoms with E-state index in [1.807, 2.05) is 19.9 Å². The number of ether oxygens (including phenoxy) is 1. The van der Waals surface area contributed by atoms with Gasteiger partial charge in [-0.3, -0.25) is 24.4 Å². The molecule has 0 radical (unpaired) electrons. The van der Waals surface area contributed by atoms with E-state index < -0.39 is 11.2 Å². The summed E-state index contributed by atoms with van der Waals surface area (Å²) in [7, 11) is 1.37. The molecule has 1 aliphatic carbocycles. The number of aliphatic hydroxyl groups is 2. The van der Waals surface area contributed by atoms with Gasteiger partial charge >= 0.3 is 5.97 Å². The van der Waals surface area contributed by atoms with Crippen molar-refractivity contribution >= 4 is 40.1 Å². The van der Waals surface area contributed by atoms with Crippen LogP contribution in [-0.4, -0.2) is 55.3 Å². The second-order valence-electron chi connectivity index (χ2n) is 12.1. The molecular weight excluding hydrogens is 548 g/mol. The Morgan fingerprint density at radius 3 is 2.47 bits per heavy atom. The highest BCUT2D eigenvalue weighted by Gasteiger charge is 2.53. The predicted molar refractivity (Wildman–Crippen MR) is 160 cm³/mol. The molecule has 3 aromatic rings. The molecule has 6 rings (SSSR count). The van der Waals surface area contributed by atoms with Crippen LogP contribution in [0.25, 0.3) is 22.1 Å². The molecule has 2 aliphatic heterocycles. The van der Waals surface area contributed by atoms with Crippen LogP contribution in [0, 0.1) is 13.8 Å². The Morgan fingerprint density at radius 2 is 1.79 bits per heavy atom. The number of carbonyl (C=O) groups excluding carboxylic acids is 3. The van der Waals surface area contributed by atoms with Crippen molar-refractivity contribution in [2.45, 2.75) is 83.3 Å². The fraction of sp³-hybridized carbons (Fsp3) is 0.424. The van der Waals surface area contributed by atoms with E-state index >= 15 is 0 Å². The molecule has 43 heavy (non-hydrogen) atoms. The van der Waals surface area contributed by atoms with Crippen LogP contribution in [0.2, 0.25) is 0 Å². The van der Waals surface area contributed by atoms with Gasteiger partial charge in [0.1, 0.15) is 11.2 Å². The van der Waals surface area contributed by atoms with Crippen molar-refractivity contribution in [2.75, 3.05) is 7.11 Å². The van der Waals surface area contributed by atoms with Crippen molar-refractivity contribution in [3.05, 3.63) is 68.8 Å². The Bertz CT molecular complexity index is 1880. The first-order valence-electron chi connectivity index (χ1n) is 14.6. The minimum Gasteiger partial charge on any atom is -0.469 e. The molecule has 0 fully saturated rings. The lowest BCUT2D eigenvalue weighted by Gasteiger charge is -2.34. The summed E-state index contributed by atoms with van der Waals surface area (Å²) in [6, 6.07) is 5.20. The normalized spacial score (nSPS) is 24.4. The Balaban J connectivity index is 1.76. The lowest BCUT2D eigenvalue weighted by Crippen LogP contribution is -2.43. The average molecular weight is 585 g/mol. The number of methoxy groups -OCH3 is 1. The van der Waals surface area contributed by atoms with Gasteiger partial charge in [0.25, 0.3) is 0 Å². The molecule has 0 unspecified atom stereocenters. The molecule has 0 saturated heterocycles. The highest BCUT2D eigenvalue weighted by molar-refractivity contribution is 6.13. The lowest BCUT2D eigenvalue weighted by atomic mass is 9.80. The maximum Gasteiger partial charge on any atom is 0.305 e. The molecular formula is C33H36N4O6. The Morgan fingerprint density at radius 1 is 1.09 bits per heavy atom. The zero-order chi connectivity index (χ0) is 31.0. The number of nitrogens with one attached hydrogen (secondary N) is 2. The summed E-state index contributed by atoms with van der Waals surface area (Å²) in [5, 5.41) is 23.5. The molecule has 0 saturated carbocycles. The van der Waals surface area contributed by atoms with Gasteiger partial charge in [0, 0.05) is 58.1 Å². The summed E-state index contributed by atoms with van der Waals surface area (Å²) in [5.74, 6) is -0.581. The van der Waals surface area contributed by atoms with Crippen LogP contribution >= 0.6 is 0 Å². The van der Waals surface area contributed by atoms with Crippen LogP contribution < -0.4 is 0 Å². The van der Waals surface area contributed by atoms with Crippen molar-refractivity contribution in [2.24, 2.45) is 0 Å². The highest BCUT2D eigenvalue weighted by Crippen LogP contribution is 2.47. The lowest BCUT2D eigenvalue weighted by molar-refractivity contribution is -0.148. The van der Waals surface area contributed by atoms with E-state index in [1.54, 1.807) is 19.1 Å². The van der Waals surface area contributed by atoms with Crippen LogP contribution in [0.3, 0.4) is 0 Å². The summed E-state index contributed by atoms with van der Waals surface area (Å²) < 4.78 is 4.92. The summed E-state index contributed by atoms with van der Waals surface area (Å²) >= 11 is 0. The Kier molecular flexibility index (Phi) is 6.70. The Labute approximate surface area is 248 Å². The number of rotatable bonds is 5. The van der Waals surface area contributed by atoms with Gasteiger partial charge in [-0.25, -0.2) is 0 Å². The van der Waals surface area contributed by atoms with Crippen molar-refractivity contribution in [3.8, 4) is 0 Å². The molecule has 0 amide bonds. The largest absolute Gasteiger partial charge is 0.469 e. The predicted octanol–water partition coefficient (Wildman–Crippen LogP) is 4.83. The number of hydrogen-bond acceptors (Lipinski definition) is 8. The van der Waals surface area contributed by atoms with Crippen LogP contribution in [0.4, 0.5) is 0 Å². The molecule has 0 aromatic carbocycles. The zero-order valence-electron chi connectivity index (χ0n) is 25.2. The van der Waals surface area contributed by atoms with Crippen LogP contribution in [0.15, 0.2) is 18.2 Å². The summed E-state index contributed by atoms with van der Waals surface area (Å²) in [6.45, 7) is 9.02. The van der Waals surface area contributed by atoms with Crippen molar-refractivity contribution in [1.82, 2.24) is 19.9 Å². The average Bonchev–Trinajstić information content (AvgIpc) is 3.70. The summed E-state index contributed by atoms with van der Waals surface area (Å²) in [5.41, 5.74) is 4.08. The van der Waals surface area contributed by atoms with Crippen LogP contribution in [0.5, 0.6) is 0 Å². The minimum absolute atomic E-state index is 0.0359. The second kappa shape index (κ2) is 9.96. The van der Waals surface area contributed by atoms with E-state index in [0.29, 0.717) is 45.2 Å². The number of Topliss-reactive ketones (excluding diaryl/α,β-unsaturated/α-hetero) is 1. The van der Waals surface area contributed by atoms with Crippen molar-refractivity contribution in [1.29, 1.82) is 0 Å². The number of aldehydes is 1. The summed E-state index contributed by atoms with van der Waals surface area (Å²) in [6.07, 6.45) is 1.81. The van der Waals surface area contributed by atoms with Crippen LogP contribution in [-0.2, 0) is 27.2 Å². The fourth-order valence-electron chi connectivity index (χ4n) is 7.00. The molecule has 4 N–H and O–H groups in total. The van der Waals surface area contributed by atoms with E-state index in [2.05, 4.69) is 16.9 Å². The Hall–Kier alpha value is -4.15. The number of aryl methyl sites for hydroxylation is 2. The van der Waals surface area contributed by atoms with E-state index in [1.165, 1.54) is 14.0 Å². The van der Waals surface area contributed by atoms with E-state index in [0.717, 1.165) is 28.8 Å². The molecule has 5 heterocycles. The van der Waals surface area contributed by atoms with Gasteiger partial charge in [0.2, 0.25) is 0 Å². The molecule has 8 bridgehead atoms. The number of aromatic amines is 2. The van der Waals surface area contributed by atoms with Gasteiger partial charge in [0.15, 0.2) is 12.1 Å². The van der Waals surface area contributed by atoms with Crippen LogP contribution in [0.1, 0.15) is 112 Å². The molecule has 4 atom stereocenters. The maximum absolute atomic E-state index is 13.4. The smallest absolute Gasteiger partial charge is 0.305 e. The highest BCUT2D eigenvalue weighted by atomic mass is 16.5. The van der Waals surface area contributed by atoms with Gasteiger partial charge in [-0.2, -0.15) is 0 Å². The van der Waals surface area contributed by atoms with Gasteiger partial charge < -0.3 is 24.9 Å². The van der Waals surface area contributed by atoms with E-state index in [4.69, 9.17) is 14.7 Å². The van der Waals surface area contributed by atoms with E-state index in [-0.39, 0.29) is 54.2 Å². The number of hydrogen-bond donors (Lipinski definition) is 4. The number of aromatic nitrogens is 4. The van der Waals surface area contributed by atoms with Gasteiger partial charge in [0.05, 0.1) is 35.2 Å². The first kappa shape index (κ1) is 28.9. The standard InChI is InChI=1S/C33H36N4O6/c1-7-33(42)27-12-23-17(4)29-25(39)10-19(31(29)36-23)30-18(8-9-28(40)43-6)15(2)22(35-30)11-21-16(3)20(14-38)24(34-21)13-26(37-27)32(33,5)41/h11-15,18,34,36,41-42H,7-10H2,1-6H3/t15-,18-,32+,33-/m0/s1. The van der Waals surface area contributed by atoms with E-state index in [9.17, 15) is 24.6 Å². The number of nitrogens with zero attached hydrogens (tertiary/aromatic N) is 2. The maximum atomic E-state index is 13.4. The van der Waals surface area contributed by atoms with Crippen molar-refractivity contribution < 1.29 is 29.3 Å². The monoisotopic (exact) mass is 584 g/mol.